The van der Waals surface area contributed by atoms with Gasteiger partial charge in [-0.25, -0.2) is 0 Å². The van der Waals surface area contributed by atoms with Gasteiger partial charge in [0.2, 0.25) is 14.8 Å². The molecule has 0 saturated carbocycles. The van der Waals surface area contributed by atoms with Crippen molar-refractivity contribution in [3.05, 3.63) is 23.5 Å². The Morgan fingerprint density at radius 1 is 1.06 bits per heavy atom. The van der Waals surface area contributed by atoms with Crippen LogP contribution in [0.3, 0.4) is 0 Å². The molecule has 1 aliphatic carbocycles. The minimum atomic E-state index is -1.38. The lowest BCUT2D eigenvalue weighted by Crippen LogP contribution is -2.27. The van der Waals surface area contributed by atoms with Gasteiger partial charge in [-0.1, -0.05) is 20.8 Å². The molecule has 0 aromatic carbocycles. The predicted octanol–water partition coefficient (Wildman–Crippen LogP) is 1.99. The molecular weight excluding hydrogens is 220 g/mol. The fourth-order valence-electron chi connectivity index (χ4n) is 1.61. The normalized spacial score (nSPS) is 17.4. The summed E-state index contributed by atoms with van der Waals surface area (Å²) in [5.41, 5.74) is 0.136. The number of ketones is 2. The smallest absolute Gasteiger partial charge is 0.229 e. The second kappa shape index (κ2) is 4.37. The zero-order valence-corrected chi connectivity index (χ0v) is 11.6. The fourth-order valence-corrected chi connectivity index (χ4v) is 2.31. The van der Waals surface area contributed by atoms with E-state index < -0.39 is 9.04 Å². The van der Waals surface area contributed by atoms with E-state index in [0.717, 1.165) is 0 Å². The highest BCUT2D eigenvalue weighted by Gasteiger charge is 2.32. The van der Waals surface area contributed by atoms with Crippen molar-refractivity contribution in [3.63, 3.8) is 0 Å². The van der Waals surface area contributed by atoms with Gasteiger partial charge in [-0.3, -0.25) is 9.59 Å². The quantitative estimate of drug-likeness (QED) is 0.546. The van der Waals surface area contributed by atoms with Crippen molar-refractivity contribution < 1.29 is 14.0 Å². The summed E-state index contributed by atoms with van der Waals surface area (Å²) in [5, 5.41) is 0. The second-order valence-electron chi connectivity index (χ2n) is 5.18. The average Bonchev–Trinajstić information content (AvgIpc) is 2.08. The highest BCUT2D eigenvalue weighted by atomic mass is 28.3. The minimum absolute atomic E-state index is 0.114. The molecule has 88 valence electrons. The van der Waals surface area contributed by atoms with E-state index in [1.807, 2.05) is 33.9 Å². The second-order valence-corrected chi connectivity index (χ2v) is 7.52. The summed E-state index contributed by atoms with van der Waals surface area (Å²) in [4.78, 5) is 23.5. The van der Waals surface area contributed by atoms with Crippen LogP contribution < -0.4 is 0 Å². The van der Waals surface area contributed by atoms with Crippen LogP contribution in [0.2, 0.25) is 13.1 Å². The van der Waals surface area contributed by atoms with Crippen LogP contribution in [0.4, 0.5) is 0 Å². The number of carbonyl (C=O) groups excluding carboxylic acids is 2. The van der Waals surface area contributed by atoms with E-state index >= 15 is 0 Å². The predicted molar refractivity (Wildman–Crippen MR) is 65.6 cm³/mol. The molecule has 3 nitrogen and oxygen atoms in total. The zero-order chi connectivity index (χ0) is 12.5. The highest BCUT2D eigenvalue weighted by molar-refractivity contribution is 6.49. The molecule has 0 aromatic rings. The molecule has 0 saturated heterocycles. The third-order valence-electron chi connectivity index (χ3n) is 2.19. The molecule has 0 amide bonds. The first-order valence-corrected chi connectivity index (χ1v) is 8.19. The van der Waals surface area contributed by atoms with Crippen molar-refractivity contribution in [2.45, 2.75) is 33.9 Å². The van der Waals surface area contributed by atoms with E-state index in [4.69, 9.17) is 4.43 Å². The summed E-state index contributed by atoms with van der Waals surface area (Å²) in [6.45, 7) is 9.69. The van der Waals surface area contributed by atoms with Gasteiger partial charge in [0, 0.05) is 5.57 Å². The van der Waals surface area contributed by atoms with Crippen LogP contribution in [-0.4, -0.2) is 20.6 Å². The lowest BCUT2D eigenvalue weighted by atomic mass is 9.80. The molecule has 0 atom stereocenters. The van der Waals surface area contributed by atoms with Crippen molar-refractivity contribution in [2.75, 3.05) is 0 Å². The Bertz CT molecular complexity index is 384. The number of allylic oxidation sites excluding steroid dienone is 3. The monoisotopic (exact) mass is 238 g/mol. The van der Waals surface area contributed by atoms with Crippen LogP contribution in [-0.2, 0) is 14.0 Å². The van der Waals surface area contributed by atoms with Crippen molar-refractivity contribution in [1.82, 2.24) is 0 Å². The van der Waals surface area contributed by atoms with Gasteiger partial charge in [-0.2, -0.15) is 0 Å². The Morgan fingerprint density at radius 3 is 2.00 bits per heavy atom. The largest absolute Gasteiger partial charge is 0.544 e. The molecule has 0 spiro atoms. The average molecular weight is 238 g/mol. The molecule has 0 fully saturated rings. The van der Waals surface area contributed by atoms with Crippen molar-refractivity contribution >= 4 is 20.6 Å². The Morgan fingerprint density at radius 2 is 1.56 bits per heavy atom. The molecule has 0 aromatic heterocycles. The van der Waals surface area contributed by atoms with Crippen molar-refractivity contribution in [3.8, 4) is 0 Å². The summed E-state index contributed by atoms with van der Waals surface area (Å²) in [6.07, 6.45) is 2.63. The first-order valence-electron chi connectivity index (χ1n) is 5.41. The lowest BCUT2D eigenvalue weighted by molar-refractivity contribution is -0.117. The van der Waals surface area contributed by atoms with Crippen LogP contribution in [0.5, 0.6) is 0 Å². The van der Waals surface area contributed by atoms with Crippen LogP contribution in [0.15, 0.2) is 23.5 Å². The van der Waals surface area contributed by atoms with Gasteiger partial charge in [0.05, 0.1) is 0 Å². The van der Waals surface area contributed by atoms with E-state index in [0.29, 0.717) is 5.57 Å². The molecule has 0 bridgehead atoms. The SMILES string of the molecule is C[SiH](C)OC1=C(C(C)(C)C)C(=O)C=CC1=O. The van der Waals surface area contributed by atoms with E-state index in [2.05, 4.69) is 0 Å². The summed E-state index contributed by atoms with van der Waals surface area (Å²) in [6, 6.07) is 0. The van der Waals surface area contributed by atoms with E-state index in [-0.39, 0.29) is 22.7 Å². The highest BCUT2D eigenvalue weighted by Crippen LogP contribution is 2.32. The molecule has 4 heteroatoms. The van der Waals surface area contributed by atoms with Crippen LogP contribution in [0.25, 0.3) is 0 Å². The van der Waals surface area contributed by atoms with Crippen LogP contribution in [0, 0.1) is 5.41 Å². The topological polar surface area (TPSA) is 43.4 Å². The van der Waals surface area contributed by atoms with Crippen LogP contribution >= 0.6 is 0 Å². The minimum Gasteiger partial charge on any atom is -0.544 e. The number of carbonyl (C=O) groups is 2. The standard InChI is InChI=1S/C12H18O3Si/c1-12(2,3)10-8(13)6-7-9(14)11(10)15-16(4)5/h6-7,16H,1-5H3. The Balaban J connectivity index is 3.26. The fraction of sp³-hybridized carbons (Fsp3) is 0.500. The zero-order valence-electron chi connectivity index (χ0n) is 10.5. The Kier molecular flexibility index (Phi) is 3.53. The van der Waals surface area contributed by atoms with Gasteiger partial charge in [-0.15, -0.1) is 0 Å². The van der Waals surface area contributed by atoms with Gasteiger partial charge in [0.15, 0.2) is 11.5 Å². The van der Waals surface area contributed by atoms with E-state index in [9.17, 15) is 9.59 Å². The maximum atomic E-state index is 11.8. The van der Waals surface area contributed by atoms with Gasteiger partial charge < -0.3 is 4.43 Å². The molecule has 0 N–H and O–H groups in total. The van der Waals surface area contributed by atoms with Gasteiger partial charge in [0.25, 0.3) is 0 Å². The Labute approximate surface area is 97.9 Å². The molecule has 0 unspecified atom stereocenters. The molecule has 0 aliphatic heterocycles. The molecular formula is C12H18O3Si. The first kappa shape index (κ1) is 12.9. The number of hydrogen-bond acceptors (Lipinski definition) is 3. The third-order valence-corrected chi connectivity index (χ3v) is 2.89. The molecule has 1 rings (SSSR count). The lowest BCUT2D eigenvalue weighted by Gasteiger charge is -2.26. The van der Waals surface area contributed by atoms with Gasteiger partial charge in [0.1, 0.15) is 0 Å². The maximum Gasteiger partial charge on any atom is 0.229 e. The van der Waals surface area contributed by atoms with Gasteiger partial charge in [-0.05, 0) is 30.7 Å². The summed E-state index contributed by atoms with van der Waals surface area (Å²) in [5.74, 6) is -0.0378. The summed E-state index contributed by atoms with van der Waals surface area (Å²) in [7, 11) is -1.38. The van der Waals surface area contributed by atoms with Gasteiger partial charge >= 0.3 is 0 Å². The third kappa shape index (κ3) is 2.69. The van der Waals surface area contributed by atoms with E-state index in [1.165, 1.54) is 12.2 Å². The number of hydrogen-bond donors (Lipinski definition) is 0. The molecule has 1 aliphatic rings. The molecule has 0 heterocycles. The molecule has 16 heavy (non-hydrogen) atoms. The summed E-state index contributed by atoms with van der Waals surface area (Å²) >= 11 is 0. The first-order chi connectivity index (χ1) is 7.23. The van der Waals surface area contributed by atoms with Crippen LogP contribution in [0.1, 0.15) is 20.8 Å². The van der Waals surface area contributed by atoms with Crippen molar-refractivity contribution in [2.24, 2.45) is 5.41 Å². The maximum absolute atomic E-state index is 11.8. The Hall–Kier alpha value is -1.16. The summed E-state index contributed by atoms with van der Waals surface area (Å²) < 4.78 is 5.61. The number of rotatable bonds is 2. The molecule has 0 radical (unpaired) electrons. The van der Waals surface area contributed by atoms with E-state index in [1.54, 1.807) is 0 Å². The van der Waals surface area contributed by atoms with Crippen molar-refractivity contribution in [1.29, 1.82) is 0 Å².